The highest BCUT2D eigenvalue weighted by atomic mass is 16.3. The molecule has 5 rings (SSSR count). The Morgan fingerprint density at radius 2 is 1.70 bits per heavy atom. The standard InChI is InChI=1S/C19H32N2O2/c1-13(21-6-4-2-3-5-7-21)18(22)20-17-15-8-14-9-16(17)12-19(23,10-14)11-15/h13-17,23H,2-12H2,1H3,(H,20,22). The summed E-state index contributed by atoms with van der Waals surface area (Å²) >= 11 is 0. The number of nitrogens with one attached hydrogen (secondary N) is 1. The van der Waals surface area contributed by atoms with Gasteiger partial charge in [-0.2, -0.15) is 0 Å². The summed E-state index contributed by atoms with van der Waals surface area (Å²) in [4.78, 5) is 15.2. The van der Waals surface area contributed by atoms with Crippen molar-refractivity contribution in [2.75, 3.05) is 13.1 Å². The van der Waals surface area contributed by atoms with Crippen LogP contribution >= 0.6 is 0 Å². The number of carbonyl (C=O) groups is 1. The van der Waals surface area contributed by atoms with Gasteiger partial charge in [-0.1, -0.05) is 12.8 Å². The van der Waals surface area contributed by atoms with Gasteiger partial charge in [-0.05, 0) is 82.7 Å². The van der Waals surface area contributed by atoms with Gasteiger partial charge in [0.1, 0.15) is 0 Å². The van der Waals surface area contributed by atoms with Crippen molar-refractivity contribution in [1.29, 1.82) is 0 Å². The van der Waals surface area contributed by atoms with E-state index in [0.717, 1.165) is 32.4 Å². The number of hydrogen-bond acceptors (Lipinski definition) is 3. The van der Waals surface area contributed by atoms with Crippen molar-refractivity contribution in [2.24, 2.45) is 17.8 Å². The van der Waals surface area contributed by atoms with Crippen LogP contribution in [0.5, 0.6) is 0 Å². The average molecular weight is 320 g/mol. The van der Waals surface area contributed by atoms with Gasteiger partial charge in [-0.25, -0.2) is 0 Å². The largest absolute Gasteiger partial charge is 0.390 e. The molecule has 0 aromatic carbocycles. The summed E-state index contributed by atoms with van der Waals surface area (Å²) in [5, 5.41) is 14.1. The van der Waals surface area contributed by atoms with Crippen LogP contribution in [0.3, 0.4) is 0 Å². The van der Waals surface area contributed by atoms with Crippen LogP contribution in [-0.2, 0) is 4.79 Å². The van der Waals surface area contributed by atoms with Crippen LogP contribution in [-0.4, -0.2) is 46.7 Å². The van der Waals surface area contributed by atoms with E-state index in [4.69, 9.17) is 0 Å². The van der Waals surface area contributed by atoms with Gasteiger partial charge in [-0.15, -0.1) is 0 Å². The first-order valence-corrected chi connectivity index (χ1v) is 9.81. The molecule has 3 atom stereocenters. The molecule has 130 valence electrons. The van der Waals surface area contributed by atoms with Gasteiger partial charge in [0.25, 0.3) is 0 Å². The van der Waals surface area contributed by atoms with Crippen molar-refractivity contribution in [2.45, 2.75) is 82.4 Å². The van der Waals surface area contributed by atoms with E-state index in [1.54, 1.807) is 0 Å². The zero-order valence-electron chi connectivity index (χ0n) is 14.5. The molecule has 4 saturated carbocycles. The van der Waals surface area contributed by atoms with E-state index in [1.165, 1.54) is 38.5 Å². The van der Waals surface area contributed by atoms with Crippen molar-refractivity contribution < 1.29 is 9.90 Å². The van der Waals surface area contributed by atoms with E-state index in [0.29, 0.717) is 23.8 Å². The normalized spacial score (nSPS) is 44.8. The van der Waals surface area contributed by atoms with Gasteiger partial charge >= 0.3 is 0 Å². The summed E-state index contributed by atoms with van der Waals surface area (Å²) in [6.07, 6.45) is 10.3. The molecule has 4 bridgehead atoms. The molecular weight excluding hydrogens is 288 g/mol. The van der Waals surface area contributed by atoms with Crippen LogP contribution in [0.15, 0.2) is 0 Å². The molecule has 2 N–H and O–H groups in total. The van der Waals surface area contributed by atoms with E-state index >= 15 is 0 Å². The lowest BCUT2D eigenvalue weighted by Gasteiger charge is -2.58. The fraction of sp³-hybridized carbons (Fsp3) is 0.947. The Labute approximate surface area is 140 Å². The topological polar surface area (TPSA) is 52.6 Å². The molecule has 0 aromatic rings. The zero-order valence-corrected chi connectivity index (χ0v) is 14.5. The van der Waals surface area contributed by atoms with Crippen molar-refractivity contribution >= 4 is 5.91 Å². The lowest BCUT2D eigenvalue weighted by atomic mass is 9.52. The molecule has 4 nitrogen and oxygen atoms in total. The molecule has 0 aromatic heterocycles. The predicted molar refractivity (Wildman–Crippen MR) is 89.9 cm³/mol. The third kappa shape index (κ3) is 3.05. The number of rotatable bonds is 3. The maximum absolute atomic E-state index is 12.8. The van der Waals surface area contributed by atoms with Gasteiger partial charge in [0.05, 0.1) is 11.6 Å². The molecule has 23 heavy (non-hydrogen) atoms. The van der Waals surface area contributed by atoms with Crippen LogP contribution < -0.4 is 5.32 Å². The van der Waals surface area contributed by atoms with Crippen molar-refractivity contribution in [3.8, 4) is 0 Å². The van der Waals surface area contributed by atoms with E-state index in [1.807, 2.05) is 0 Å². The van der Waals surface area contributed by atoms with Crippen LogP contribution in [0.25, 0.3) is 0 Å². The second-order valence-electron chi connectivity index (χ2n) is 8.85. The molecule has 0 spiro atoms. The van der Waals surface area contributed by atoms with Gasteiger partial charge in [-0.3, -0.25) is 9.69 Å². The van der Waals surface area contributed by atoms with E-state index in [9.17, 15) is 9.90 Å². The highest BCUT2D eigenvalue weighted by Crippen LogP contribution is 2.55. The summed E-state index contributed by atoms with van der Waals surface area (Å²) in [5.41, 5.74) is -0.409. The summed E-state index contributed by atoms with van der Waals surface area (Å²) in [5.74, 6) is 1.93. The molecule has 1 aliphatic heterocycles. The lowest BCUT2D eigenvalue weighted by Crippen LogP contribution is -2.63. The van der Waals surface area contributed by atoms with E-state index in [-0.39, 0.29) is 11.9 Å². The van der Waals surface area contributed by atoms with Gasteiger partial charge in [0.15, 0.2) is 0 Å². The number of hydrogen-bond donors (Lipinski definition) is 2. The molecular formula is C19H32N2O2. The Morgan fingerprint density at radius 1 is 1.09 bits per heavy atom. The Kier molecular flexibility index (Phi) is 4.17. The van der Waals surface area contributed by atoms with Crippen molar-refractivity contribution in [1.82, 2.24) is 10.2 Å². The first-order chi connectivity index (χ1) is 11.0. The van der Waals surface area contributed by atoms with Crippen LogP contribution in [0, 0.1) is 17.8 Å². The number of aliphatic hydroxyl groups is 1. The van der Waals surface area contributed by atoms with Crippen molar-refractivity contribution in [3.63, 3.8) is 0 Å². The molecule has 4 aliphatic carbocycles. The second kappa shape index (κ2) is 6.03. The molecule has 3 unspecified atom stereocenters. The minimum absolute atomic E-state index is 0.00613. The summed E-state index contributed by atoms with van der Waals surface area (Å²) in [7, 11) is 0. The molecule has 5 fully saturated rings. The zero-order chi connectivity index (χ0) is 16.0. The minimum atomic E-state index is -0.409. The van der Waals surface area contributed by atoms with Crippen LogP contribution in [0.4, 0.5) is 0 Å². The van der Waals surface area contributed by atoms with Gasteiger partial charge < -0.3 is 10.4 Å². The summed E-state index contributed by atoms with van der Waals surface area (Å²) in [6.45, 7) is 4.20. The summed E-state index contributed by atoms with van der Waals surface area (Å²) in [6, 6.07) is 0.308. The van der Waals surface area contributed by atoms with Crippen LogP contribution in [0.2, 0.25) is 0 Å². The summed E-state index contributed by atoms with van der Waals surface area (Å²) < 4.78 is 0. The van der Waals surface area contributed by atoms with Gasteiger partial charge in [0, 0.05) is 6.04 Å². The fourth-order valence-corrected chi connectivity index (χ4v) is 6.15. The predicted octanol–water partition coefficient (Wildman–Crippen LogP) is 2.31. The van der Waals surface area contributed by atoms with Crippen molar-refractivity contribution in [3.05, 3.63) is 0 Å². The molecule has 5 aliphatic rings. The number of likely N-dealkylation sites (tertiary alicyclic amines) is 1. The lowest BCUT2D eigenvalue weighted by molar-refractivity contribution is -0.148. The monoisotopic (exact) mass is 320 g/mol. The molecule has 0 radical (unpaired) electrons. The Balaban J connectivity index is 1.39. The first-order valence-electron chi connectivity index (χ1n) is 9.81. The Morgan fingerprint density at radius 3 is 2.26 bits per heavy atom. The Hall–Kier alpha value is -0.610. The SMILES string of the molecule is CC(C(=O)NC1C2CC3CC1CC(O)(C3)C2)N1CCCCCC1. The molecule has 1 amide bonds. The average Bonchev–Trinajstić information content (AvgIpc) is 2.77. The third-order valence-corrected chi connectivity index (χ3v) is 7.12. The third-order valence-electron chi connectivity index (χ3n) is 7.12. The van der Waals surface area contributed by atoms with Crippen LogP contribution in [0.1, 0.15) is 64.7 Å². The number of nitrogens with zero attached hydrogens (tertiary/aromatic N) is 1. The second-order valence-corrected chi connectivity index (χ2v) is 8.85. The minimum Gasteiger partial charge on any atom is -0.390 e. The van der Waals surface area contributed by atoms with Gasteiger partial charge in [0.2, 0.25) is 5.91 Å². The first kappa shape index (κ1) is 15.9. The maximum Gasteiger partial charge on any atom is 0.237 e. The molecule has 4 heteroatoms. The Bertz CT molecular complexity index is 442. The fourth-order valence-electron chi connectivity index (χ4n) is 6.15. The number of carbonyl (C=O) groups excluding carboxylic acids is 1. The maximum atomic E-state index is 12.8. The molecule has 1 heterocycles. The van der Waals surface area contributed by atoms with E-state index in [2.05, 4.69) is 17.1 Å². The molecule has 1 saturated heterocycles. The quantitative estimate of drug-likeness (QED) is 0.839. The number of amides is 1. The highest BCUT2D eigenvalue weighted by Gasteiger charge is 2.55. The van der Waals surface area contributed by atoms with E-state index < -0.39 is 5.60 Å². The smallest absolute Gasteiger partial charge is 0.237 e. The highest BCUT2D eigenvalue weighted by molar-refractivity contribution is 5.81.